The van der Waals surface area contributed by atoms with Gasteiger partial charge in [-0.15, -0.1) is 0 Å². The molecule has 0 bridgehead atoms. The lowest BCUT2D eigenvalue weighted by Crippen LogP contribution is -2.21. The van der Waals surface area contributed by atoms with Gasteiger partial charge in [-0.2, -0.15) is 0 Å². The van der Waals surface area contributed by atoms with Crippen LogP contribution in [0.5, 0.6) is 0 Å². The number of carbonyl (C=O) groups excluding carboxylic acids is 3. The van der Waals surface area contributed by atoms with Gasteiger partial charge in [-0.3, -0.25) is 14.9 Å². The van der Waals surface area contributed by atoms with Crippen LogP contribution < -0.4 is 5.32 Å². The lowest BCUT2D eigenvalue weighted by atomic mass is 10.2. The molecule has 10 nitrogen and oxygen atoms in total. The summed E-state index contributed by atoms with van der Waals surface area (Å²) in [5, 5.41) is 13.3. The third-order valence-electron chi connectivity index (χ3n) is 3.64. The Morgan fingerprint density at radius 2 is 1.90 bits per heavy atom. The number of hydrogen-bond acceptors (Lipinski definition) is 7. The van der Waals surface area contributed by atoms with Gasteiger partial charge in [0.1, 0.15) is 5.69 Å². The number of hydrogen-bond donors (Lipinski definition) is 1. The van der Waals surface area contributed by atoms with E-state index < -0.39 is 29.4 Å². The fraction of sp³-hybridized carbons (Fsp3) is 0.211. The van der Waals surface area contributed by atoms with Crippen molar-refractivity contribution in [3.8, 4) is 0 Å². The molecule has 1 aromatic heterocycles. The number of nitrogens with zero attached hydrogens (tertiary/aromatic N) is 2. The maximum absolute atomic E-state index is 12.0. The van der Waals surface area contributed by atoms with Gasteiger partial charge in [0.25, 0.3) is 11.6 Å². The number of nitrogens with one attached hydrogen (secondary N) is 1. The van der Waals surface area contributed by atoms with E-state index in [4.69, 9.17) is 9.47 Å². The van der Waals surface area contributed by atoms with E-state index >= 15 is 0 Å². The summed E-state index contributed by atoms with van der Waals surface area (Å²) in [6, 6.07) is 7.67. The highest BCUT2D eigenvalue weighted by atomic mass is 16.6. The van der Waals surface area contributed by atoms with Crippen molar-refractivity contribution in [2.75, 3.05) is 18.5 Å². The summed E-state index contributed by atoms with van der Waals surface area (Å²) >= 11 is 0. The molecule has 10 heteroatoms. The third-order valence-corrected chi connectivity index (χ3v) is 3.64. The zero-order valence-electron chi connectivity index (χ0n) is 15.8. The average molecular weight is 401 g/mol. The molecule has 0 aliphatic rings. The zero-order chi connectivity index (χ0) is 21.4. The van der Waals surface area contributed by atoms with Gasteiger partial charge < -0.3 is 19.4 Å². The number of anilines is 1. The van der Waals surface area contributed by atoms with Crippen LogP contribution in [0.1, 0.15) is 23.0 Å². The summed E-state index contributed by atoms with van der Waals surface area (Å²) in [5.74, 6) is -1.87. The molecule has 29 heavy (non-hydrogen) atoms. The van der Waals surface area contributed by atoms with Crippen molar-refractivity contribution in [3.63, 3.8) is 0 Å². The molecule has 2 aromatic rings. The van der Waals surface area contributed by atoms with Crippen molar-refractivity contribution >= 4 is 35.3 Å². The number of amides is 1. The topological polar surface area (TPSA) is 130 Å². The minimum Gasteiger partial charge on any atom is -0.463 e. The molecule has 152 valence electrons. The Bertz CT molecular complexity index is 945. The Labute approximate surface area is 165 Å². The number of carbonyl (C=O) groups is 3. The maximum Gasteiger partial charge on any atom is 0.355 e. The van der Waals surface area contributed by atoms with Gasteiger partial charge in [0.2, 0.25) is 0 Å². The van der Waals surface area contributed by atoms with Gasteiger partial charge in [0.05, 0.1) is 17.7 Å². The second kappa shape index (κ2) is 9.83. The summed E-state index contributed by atoms with van der Waals surface area (Å²) in [7, 11) is 1.46. The minimum atomic E-state index is -0.852. The fourth-order valence-corrected chi connectivity index (χ4v) is 2.28. The van der Waals surface area contributed by atoms with Crippen LogP contribution in [0.2, 0.25) is 0 Å². The predicted octanol–water partition coefficient (Wildman–Crippen LogP) is 2.31. The van der Waals surface area contributed by atoms with Crippen molar-refractivity contribution in [2.45, 2.75) is 6.92 Å². The highest BCUT2D eigenvalue weighted by Crippen LogP contribution is 2.16. The molecule has 0 fully saturated rings. The first-order valence-corrected chi connectivity index (χ1v) is 8.52. The van der Waals surface area contributed by atoms with Gasteiger partial charge in [-0.25, -0.2) is 9.59 Å². The van der Waals surface area contributed by atoms with Crippen LogP contribution in [0.3, 0.4) is 0 Å². The number of aryl methyl sites for hydroxylation is 1. The van der Waals surface area contributed by atoms with Crippen molar-refractivity contribution in [1.29, 1.82) is 0 Å². The number of ether oxygens (including phenoxy) is 2. The fourth-order valence-electron chi connectivity index (χ4n) is 2.28. The number of esters is 2. The van der Waals surface area contributed by atoms with Crippen LogP contribution in [-0.4, -0.2) is 40.5 Å². The second-order valence-corrected chi connectivity index (χ2v) is 5.78. The van der Waals surface area contributed by atoms with Crippen molar-refractivity contribution in [3.05, 3.63) is 64.0 Å². The monoisotopic (exact) mass is 401 g/mol. The smallest absolute Gasteiger partial charge is 0.355 e. The Kier molecular flexibility index (Phi) is 7.24. The lowest BCUT2D eigenvalue weighted by molar-refractivity contribution is -0.384. The molecule has 0 saturated heterocycles. The third kappa shape index (κ3) is 6.31. The summed E-state index contributed by atoms with van der Waals surface area (Å²) < 4.78 is 10.9. The molecule has 0 aliphatic carbocycles. The molecule has 1 N–H and O–H groups in total. The molecule has 0 atom stereocenters. The molecular formula is C19H19N3O7. The molecule has 0 spiro atoms. The van der Waals surface area contributed by atoms with E-state index in [1.54, 1.807) is 37.3 Å². The standard InChI is InChI=1S/C19H19N3O7/c1-3-28-18(24)9-6-13-4-7-14(8-5-13)20-17(23)12-29-19(25)16-10-15(22(26)27)11-21(16)2/h4-11H,3,12H2,1-2H3,(H,20,23)/b9-6+. The Morgan fingerprint density at radius 3 is 2.48 bits per heavy atom. The molecule has 1 amide bonds. The van der Waals surface area contributed by atoms with Crippen molar-refractivity contribution in [2.24, 2.45) is 7.05 Å². The maximum atomic E-state index is 12.0. The normalized spacial score (nSPS) is 10.6. The van der Waals surface area contributed by atoms with E-state index in [2.05, 4.69) is 5.32 Å². The first kappa shape index (κ1) is 21.4. The van der Waals surface area contributed by atoms with E-state index in [0.717, 1.165) is 11.6 Å². The minimum absolute atomic E-state index is 0.0396. The number of aromatic nitrogens is 1. The molecule has 0 aliphatic heterocycles. The van der Waals surface area contributed by atoms with E-state index in [-0.39, 0.29) is 11.4 Å². The van der Waals surface area contributed by atoms with E-state index in [1.807, 2.05) is 0 Å². The Hall–Kier alpha value is -3.95. The Morgan fingerprint density at radius 1 is 1.21 bits per heavy atom. The van der Waals surface area contributed by atoms with Crippen molar-refractivity contribution < 1.29 is 28.8 Å². The van der Waals surface area contributed by atoms with Gasteiger partial charge in [0.15, 0.2) is 6.61 Å². The molecule has 1 heterocycles. The summed E-state index contributed by atoms with van der Waals surface area (Å²) in [6.07, 6.45) is 4.05. The van der Waals surface area contributed by atoms with Crippen LogP contribution in [0.25, 0.3) is 6.08 Å². The quantitative estimate of drug-likeness (QED) is 0.311. The first-order chi connectivity index (χ1) is 13.8. The molecule has 2 rings (SSSR count). The van der Waals surface area contributed by atoms with E-state index in [1.165, 1.54) is 23.9 Å². The number of rotatable bonds is 8. The van der Waals surface area contributed by atoms with Crippen LogP contribution in [0.4, 0.5) is 11.4 Å². The highest BCUT2D eigenvalue weighted by Gasteiger charge is 2.19. The number of nitro groups is 1. The lowest BCUT2D eigenvalue weighted by Gasteiger charge is -2.07. The van der Waals surface area contributed by atoms with E-state index in [0.29, 0.717) is 12.3 Å². The van der Waals surface area contributed by atoms with Gasteiger partial charge in [-0.1, -0.05) is 12.1 Å². The highest BCUT2D eigenvalue weighted by molar-refractivity contribution is 5.95. The molecule has 0 unspecified atom stereocenters. The summed E-state index contributed by atoms with van der Waals surface area (Å²) in [4.78, 5) is 45.3. The Balaban J connectivity index is 1.87. The molecule has 1 aromatic carbocycles. The van der Waals surface area contributed by atoms with Gasteiger partial charge >= 0.3 is 11.9 Å². The molecule has 0 radical (unpaired) electrons. The second-order valence-electron chi connectivity index (χ2n) is 5.78. The van der Waals surface area contributed by atoms with Crippen LogP contribution >= 0.6 is 0 Å². The van der Waals surface area contributed by atoms with Gasteiger partial charge in [-0.05, 0) is 30.7 Å². The average Bonchev–Trinajstić information content (AvgIpc) is 3.08. The molecular weight excluding hydrogens is 382 g/mol. The first-order valence-electron chi connectivity index (χ1n) is 8.52. The summed E-state index contributed by atoms with van der Waals surface area (Å²) in [6.45, 7) is 1.45. The van der Waals surface area contributed by atoms with Gasteiger partial charge in [0, 0.05) is 24.9 Å². The number of benzene rings is 1. The molecule has 0 saturated carbocycles. The van der Waals surface area contributed by atoms with Crippen molar-refractivity contribution in [1.82, 2.24) is 4.57 Å². The van der Waals surface area contributed by atoms with E-state index in [9.17, 15) is 24.5 Å². The van der Waals surface area contributed by atoms with Crippen LogP contribution in [0, 0.1) is 10.1 Å². The predicted molar refractivity (Wildman–Crippen MR) is 103 cm³/mol. The largest absolute Gasteiger partial charge is 0.463 e. The zero-order valence-corrected chi connectivity index (χ0v) is 15.8. The SMILES string of the molecule is CCOC(=O)/C=C/c1ccc(NC(=O)COC(=O)c2cc([N+](=O)[O-])cn2C)cc1. The van der Waals surface area contributed by atoms with Crippen LogP contribution in [-0.2, 0) is 26.1 Å². The summed E-state index contributed by atoms with van der Waals surface area (Å²) in [5.41, 5.74) is 0.907. The van der Waals surface area contributed by atoms with Crippen LogP contribution in [0.15, 0.2) is 42.6 Å².